The van der Waals surface area contributed by atoms with E-state index in [9.17, 15) is 9.90 Å². The van der Waals surface area contributed by atoms with Crippen LogP contribution in [0.4, 0.5) is 0 Å². The molecule has 2 heterocycles. The number of carboxylic acids is 1. The van der Waals surface area contributed by atoms with Crippen LogP contribution in [-0.2, 0) is 11.2 Å². The molecule has 0 bridgehead atoms. The minimum atomic E-state index is -0.865. The predicted molar refractivity (Wildman–Crippen MR) is 128 cm³/mol. The smallest absolute Gasteiger partial charge is 0.307 e. The van der Waals surface area contributed by atoms with Gasteiger partial charge >= 0.3 is 5.97 Å². The lowest BCUT2D eigenvalue weighted by Crippen LogP contribution is -2.10. The maximum atomic E-state index is 11.5. The average Bonchev–Trinajstić information content (AvgIpc) is 3.22. The van der Waals surface area contributed by atoms with E-state index in [1.54, 1.807) is 33.2 Å². The SMILES string of the molecule is CC(C)(C)O.Cc1cc2nc(-c3cn[nH]c3)ccc2c(-c2ccc(Cl)cc2)c1CC(=O)O. The zero-order chi connectivity index (χ0) is 23.5. The summed E-state index contributed by atoms with van der Waals surface area (Å²) in [5.74, 6) is -0.865. The van der Waals surface area contributed by atoms with E-state index in [-0.39, 0.29) is 6.42 Å². The molecule has 0 amide bonds. The molecule has 0 aliphatic heterocycles. The van der Waals surface area contributed by atoms with E-state index < -0.39 is 11.6 Å². The molecule has 0 saturated heterocycles. The van der Waals surface area contributed by atoms with Crippen LogP contribution in [0, 0.1) is 6.92 Å². The van der Waals surface area contributed by atoms with Crippen molar-refractivity contribution in [1.82, 2.24) is 15.2 Å². The highest BCUT2D eigenvalue weighted by atomic mass is 35.5. The number of rotatable bonds is 4. The largest absolute Gasteiger partial charge is 0.481 e. The van der Waals surface area contributed by atoms with Gasteiger partial charge in [0.2, 0.25) is 0 Å². The Balaban J connectivity index is 0.000000523. The first kappa shape index (κ1) is 23.4. The normalized spacial score (nSPS) is 11.2. The molecule has 7 heteroatoms. The number of nitrogens with one attached hydrogen (secondary N) is 1. The lowest BCUT2D eigenvalue weighted by atomic mass is 9.90. The Morgan fingerprint density at radius 3 is 2.31 bits per heavy atom. The van der Waals surface area contributed by atoms with Crippen LogP contribution < -0.4 is 0 Å². The van der Waals surface area contributed by atoms with Crippen molar-refractivity contribution in [1.29, 1.82) is 0 Å². The summed E-state index contributed by atoms with van der Waals surface area (Å²) in [6, 6.07) is 13.3. The second-order valence-corrected chi connectivity index (χ2v) is 8.98. The third-order valence-electron chi connectivity index (χ3n) is 4.58. The highest BCUT2D eigenvalue weighted by Crippen LogP contribution is 2.36. The number of halogens is 1. The summed E-state index contributed by atoms with van der Waals surface area (Å²) in [4.78, 5) is 16.2. The van der Waals surface area contributed by atoms with Gasteiger partial charge in [0.25, 0.3) is 0 Å². The number of carboxylic acid groups (broad SMARTS) is 1. The number of aliphatic hydroxyl groups is 1. The van der Waals surface area contributed by atoms with Crippen molar-refractivity contribution in [2.45, 2.75) is 39.7 Å². The third-order valence-corrected chi connectivity index (χ3v) is 4.83. The monoisotopic (exact) mass is 451 g/mol. The van der Waals surface area contributed by atoms with E-state index >= 15 is 0 Å². The first-order valence-electron chi connectivity index (χ1n) is 10.2. The van der Waals surface area contributed by atoms with Crippen LogP contribution in [0.15, 0.2) is 54.9 Å². The van der Waals surface area contributed by atoms with E-state index in [1.807, 2.05) is 49.4 Å². The highest BCUT2D eigenvalue weighted by molar-refractivity contribution is 6.30. The molecule has 2 aromatic heterocycles. The minimum Gasteiger partial charge on any atom is -0.481 e. The standard InChI is InChI=1S/C21H16ClN3O2.C4H10O/c1-12-8-19-16(6-7-18(25-19)14-10-23-24-11-14)21(17(12)9-20(26)27)13-2-4-15(22)5-3-13;1-4(2,3)5/h2-8,10-11H,9H2,1H3,(H,23,24)(H,26,27);5H,1-3H3. The summed E-state index contributed by atoms with van der Waals surface area (Å²) in [6.45, 7) is 7.15. The molecule has 32 heavy (non-hydrogen) atoms. The van der Waals surface area contributed by atoms with Gasteiger partial charge in [0.15, 0.2) is 0 Å². The van der Waals surface area contributed by atoms with Crippen LogP contribution in [0.2, 0.25) is 5.02 Å². The van der Waals surface area contributed by atoms with Crippen LogP contribution in [0.1, 0.15) is 31.9 Å². The van der Waals surface area contributed by atoms with Crippen LogP contribution >= 0.6 is 11.6 Å². The Morgan fingerprint density at radius 1 is 1.09 bits per heavy atom. The maximum Gasteiger partial charge on any atom is 0.307 e. The number of benzene rings is 2. The summed E-state index contributed by atoms with van der Waals surface area (Å²) in [5, 5.41) is 26.2. The zero-order valence-electron chi connectivity index (χ0n) is 18.5. The van der Waals surface area contributed by atoms with Gasteiger partial charge in [-0.3, -0.25) is 9.89 Å². The molecule has 6 nitrogen and oxygen atoms in total. The lowest BCUT2D eigenvalue weighted by molar-refractivity contribution is -0.136. The van der Waals surface area contributed by atoms with E-state index in [4.69, 9.17) is 21.7 Å². The minimum absolute atomic E-state index is 0.0524. The number of pyridine rings is 1. The summed E-state index contributed by atoms with van der Waals surface area (Å²) in [7, 11) is 0. The quantitative estimate of drug-likeness (QED) is 0.372. The van der Waals surface area contributed by atoms with Gasteiger partial charge in [-0.25, -0.2) is 4.98 Å². The second-order valence-electron chi connectivity index (χ2n) is 8.55. The van der Waals surface area contributed by atoms with Crippen molar-refractivity contribution in [3.63, 3.8) is 0 Å². The fourth-order valence-electron chi connectivity index (χ4n) is 3.33. The molecule has 3 N–H and O–H groups in total. The fourth-order valence-corrected chi connectivity index (χ4v) is 3.45. The molecule has 166 valence electrons. The van der Waals surface area contributed by atoms with Gasteiger partial charge in [-0.05, 0) is 74.2 Å². The molecule has 0 aliphatic carbocycles. The van der Waals surface area contributed by atoms with Crippen LogP contribution in [0.3, 0.4) is 0 Å². The molecule has 0 saturated carbocycles. The number of aromatic amines is 1. The zero-order valence-corrected chi connectivity index (χ0v) is 19.2. The molecule has 0 aliphatic rings. The Hall–Kier alpha value is -3.22. The maximum absolute atomic E-state index is 11.5. The van der Waals surface area contributed by atoms with Gasteiger partial charge in [-0.15, -0.1) is 0 Å². The van der Waals surface area contributed by atoms with Crippen molar-refractivity contribution < 1.29 is 15.0 Å². The molecular weight excluding hydrogens is 426 g/mol. The number of carbonyl (C=O) groups is 1. The Morgan fingerprint density at radius 2 is 1.75 bits per heavy atom. The molecule has 2 aromatic carbocycles. The molecule has 4 rings (SSSR count). The summed E-state index contributed by atoms with van der Waals surface area (Å²) in [5.41, 5.74) is 5.51. The fraction of sp³-hybridized carbons (Fsp3) is 0.240. The first-order valence-corrected chi connectivity index (χ1v) is 10.5. The Kier molecular flexibility index (Phi) is 6.96. The van der Waals surface area contributed by atoms with Gasteiger partial charge in [-0.1, -0.05) is 29.8 Å². The van der Waals surface area contributed by atoms with Gasteiger partial charge in [0, 0.05) is 22.2 Å². The van der Waals surface area contributed by atoms with Crippen molar-refractivity contribution in [2.75, 3.05) is 0 Å². The molecule has 0 fully saturated rings. The number of H-pyrrole nitrogens is 1. The number of nitrogens with zero attached hydrogens (tertiary/aromatic N) is 2. The first-order chi connectivity index (χ1) is 15.0. The number of aromatic nitrogens is 3. The van der Waals surface area contributed by atoms with Crippen molar-refractivity contribution in [3.05, 3.63) is 71.0 Å². The number of hydrogen-bond donors (Lipinski definition) is 3. The Labute approximate surface area is 191 Å². The molecule has 0 atom stereocenters. The predicted octanol–water partition coefficient (Wildman–Crippen LogP) is 5.66. The molecular formula is C25H26ClN3O3. The molecule has 0 unspecified atom stereocenters. The summed E-state index contributed by atoms with van der Waals surface area (Å²) < 4.78 is 0. The van der Waals surface area contributed by atoms with Gasteiger partial charge in [0.05, 0.1) is 29.4 Å². The van der Waals surface area contributed by atoms with E-state index in [1.165, 1.54) is 0 Å². The van der Waals surface area contributed by atoms with E-state index in [0.29, 0.717) is 5.02 Å². The topological polar surface area (TPSA) is 99.1 Å². The van der Waals surface area contributed by atoms with E-state index in [0.717, 1.165) is 44.4 Å². The number of aliphatic carboxylic acids is 1. The molecule has 4 aromatic rings. The van der Waals surface area contributed by atoms with Crippen molar-refractivity contribution >= 4 is 28.5 Å². The second kappa shape index (κ2) is 9.51. The summed E-state index contributed by atoms with van der Waals surface area (Å²) in [6.07, 6.45) is 3.46. The average molecular weight is 452 g/mol. The van der Waals surface area contributed by atoms with Crippen molar-refractivity contribution in [2.24, 2.45) is 0 Å². The van der Waals surface area contributed by atoms with Gasteiger partial charge in [-0.2, -0.15) is 5.10 Å². The van der Waals surface area contributed by atoms with Crippen LogP contribution in [0.25, 0.3) is 33.3 Å². The third kappa shape index (κ3) is 5.93. The lowest BCUT2D eigenvalue weighted by Gasteiger charge is -2.16. The number of fused-ring (bicyclic) bond motifs is 1. The van der Waals surface area contributed by atoms with Gasteiger partial charge < -0.3 is 10.2 Å². The Bertz CT molecular complexity index is 1220. The number of hydrogen-bond acceptors (Lipinski definition) is 4. The molecule has 0 radical (unpaired) electrons. The van der Waals surface area contributed by atoms with Crippen LogP contribution in [-0.4, -0.2) is 37.0 Å². The van der Waals surface area contributed by atoms with Crippen LogP contribution in [0.5, 0.6) is 0 Å². The van der Waals surface area contributed by atoms with Gasteiger partial charge in [0.1, 0.15) is 0 Å². The molecule has 0 spiro atoms. The summed E-state index contributed by atoms with van der Waals surface area (Å²) >= 11 is 6.04. The van der Waals surface area contributed by atoms with Crippen molar-refractivity contribution in [3.8, 4) is 22.4 Å². The highest BCUT2D eigenvalue weighted by Gasteiger charge is 2.17. The van der Waals surface area contributed by atoms with E-state index in [2.05, 4.69) is 10.2 Å². The number of aryl methyl sites for hydroxylation is 1.